The molecule has 0 spiro atoms. The largest absolute Gasteiger partial charge is 0.0838 e. The van der Waals surface area contributed by atoms with Gasteiger partial charge in [-0.1, -0.05) is 57.5 Å². The third-order valence-electron chi connectivity index (χ3n) is 2.29. The molecule has 0 heterocycles. The van der Waals surface area contributed by atoms with Crippen LogP contribution in [0.25, 0.3) is 0 Å². The molecule has 2 fully saturated rings. The van der Waals surface area contributed by atoms with Gasteiger partial charge in [0.2, 0.25) is 0 Å². The average Bonchev–Trinajstić information content (AvgIpc) is 2.63. The summed E-state index contributed by atoms with van der Waals surface area (Å²) < 4.78 is 0. The second-order valence-electron chi connectivity index (χ2n) is 3.45. The van der Waals surface area contributed by atoms with Gasteiger partial charge in [-0.05, 0) is 25.7 Å². The van der Waals surface area contributed by atoms with E-state index < -0.39 is 0 Å². The zero-order chi connectivity index (χ0) is 8.81. The van der Waals surface area contributed by atoms with Gasteiger partial charge in [0.25, 0.3) is 0 Å². The molecular weight excluding hydrogens is 336 g/mol. The van der Waals surface area contributed by atoms with E-state index in [1.165, 1.54) is 61.0 Å². The third kappa shape index (κ3) is 7.41. The van der Waals surface area contributed by atoms with Gasteiger partial charge in [0, 0.05) is 26.7 Å². The van der Waals surface area contributed by atoms with Gasteiger partial charge < -0.3 is 0 Å². The first-order valence-electron chi connectivity index (χ1n) is 4.79. The van der Waals surface area contributed by atoms with Gasteiger partial charge in [0.05, 0.1) is 0 Å². The maximum Gasteiger partial charge on any atom is 0.0410 e. The molecule has 3 heteroatoms. The summed E-state index contributed by atoms with van der Waals surface area (Å²) in [5, 5.41) is 0. The van der Waals surface area contributed by atoms with Gasteiger partial charge >= 0.3 is 0 Å². The minimum Gasteiger partial charge on any atom is -0.0838 e. The zero-order valence-corrected chi connectivity index (χ0v) is 12.0. The summed E-state index contributed by atoms with van der Waals surface area (Å²) in [7, 11) is 0. The van der Waals surface area contributed by atoms with E-state index in [9.17, 15) is 0 Å². The van der Waals surface area contributed by atoms with Crippen LogP contribution in [0, 0.1) is 9.65 Å². The average molecular weight is 352 g/mol. The Morgan fingerprint density at radius 2 is 0.846 bits per heavy atom. The molecule has 0 bridgehead atoms. The first-order valence-corrected chi connectivity index (χ1v) is 6.38. The zero-order valence-electron chi connectivity index (χ0n) is 7.77. The number of hydrogen-bond donors (Lipinski definition) is 0. The van der Waals surface area contributed by atoms with E-state index in [1.807, 2.05) is 0 Å². The summed E-state index contributed by atoms with van der Waals surface area (Å²) in [6.45, 7) is 0. The number of hydrogen-bond acceptors (Lipinski definition) is 0. The minimum atomic E-state index is 0. The van der Waals surface area contributed by atoms with Crippen molar-refractivity contribution in [1.29, 1.82) is 0 Å². The van der Waals surface area contributed by atoms with Gasteiger partial charge in [-0.3, -0.25) is 0 Å². The fourth-order valence-corrected chi connectivity index (χ4v) is 2.64. The van der Waals surface area contributed by atoms with Crippen molar-refractivity contribution >= 4 is 31.9 Å². The van der Waals surface area contributed by atoms with E-state index in [0.717, 1.165) is 0 Å². The molecule has 0 aromatic carbocycles. The van der Waals surface area contributed by atoms with Crippen molar-refractivity contribution in [2.75, 3.05) is 0 Å². The van der Waals surface area contributed by atoms with Crippen molar-refractivity contribution < 1.29 is 17.1 Å². The topological polar surface area (TPSA) is 0 Å². The molecule has 2 rings (SSSR count). The van der Waals surface area contributed by atoms with E-state index in [0.29, 0.717) is 0 Å². The van der Waals surface area contributed by atoms with Crippen molar-refractivity contribution in [1.82, 2.24) is 0 Å². The van der Waals surface area contributed by atoms with Crippen molar-refractivity contribution in [2.45, 2.75) is 51.4 Å². The minimum absolute atomic E-state index is 0. The Morgan fingerprint density at radius 1 is 0.615 bits per heavy atom. The van der Waals surface area contributed by atoms with Crippen LogP contribution in [0.5, 0.6) is 0 Å². The Balaban J connectivity index is 0.000000206. The van der Waals surface area contributed by atoms with Crippen LogP contribution in [0.4, 0.5) is 0 Å². The SMILES string of the molecule is Br[C]1CCCC1.Br[C]1CCCC1.[Fe]. The second kappa shape index (κ2) is 8.76. The predicted octanol–water partition coefficient (Wildman–Crippen LogP) is 4.97. The molecular formula is C10H16Br2Fe. The van der Waals surface area contributed by atoms with E-state index in [4.69, 9.17) is 0 Å². The Kier molecular flexibility index (Phi) is 9.76. The van der Waals surface area contributed by atoms with Gasteiger partial charge in [0.15, 0.2) is 0 Å². The summed E-state index contributed by atoms with van der Waals surface area (Å²) in [6, 6.07) is 0. The van der Waals surface area contributed by atoms with Crippen LogP contribution in [0.3, 0.4) is 0 Å². The Labute approximate surface area is 109 Å². The quantitative estimate of drug-likeness (QED) is 0.540. The monoisotopic (exact) mass is 350 g/mol. The van der Waals surface area contributed by atoms with Crippen LogP contribution in [0.15, 0.2) is 0 Å². The van der Waals surface area contributed by atoms with Crippen molar-refractivity contribution in [2.24, 2.45) is 0 Å². The van der Waals surface area contributed by atoms with Gasteiger partial charge in [-0.15, -0.1) is 0 Å². The van der Waals surface area contributed by atoms with Gasteiger partial charge in [-0.25, -0.2) is 0 Å². The molecule has 13 heavy (non-hydrogen) atoms. The summed E-state index contributed by atoms with van der Waals surface area (Å²) in [5.41, 5.74) is 0. The smallest absolute Gasteiger partial charge is 0.0410 e. The molecule has 0 unspecified atom stereocenters. The molecule has 2 saturated carbocycles. The molecule has 0 amide bonds. The van der Waals surface area contributed by atoms with Crippen LogP contribution >= 0.6 is 31.9 Å². The van der Waals surface area contributed by atoms with Crippen LogP contribution in [-0.2, 0) is 17.1 Å². The molecule has 2 radical (unpaired) electrons. The Bertz CT molecular complexity index is 93.5. The summed E-state index contributed by atoms with van der Waals surface area (Å²) in [5.74, 6) is 0. The van der Waals surface area contributed by atoms with Crippen LogP contribution in [0.1, 0.15) is 51.4 Å². The third-order valence-corrected chi connectivity index (χ3v) is 3.88. The van der Waals surface area contributed by atoms with Crippen molar-refractivity contribution in [3.05, 3.63) is 9.65 Å². The fourth-order valence-electron chi connectivity index (χ4n) is 1.52. The van der Waals surface area contributed by atoms with Crippen molar-refractivity contribution in [3.63, 3.8) is 0 Å². The van der Waals surface area contributed by atoms with Crippen LogP contribution in [-0.4, -0.2) is 0 Å². The normalized spacial score (nSPS) is 23.5. The first-order chi connectivity index (χ1) is 5.79. The van der Waals surface area contributed by atoms with E-state index in [1.54, 1.807) is 0 Å². The standard InChI is InChI=1S/2C5H8Br.Fe/c2*6-5-3-1-2-4-5;/h2*1-4H2;. The summed E-state index contributed by atoms with van der Waals surface area (Å²) in [4.78, 5) is 3.03. The van der Waals surface area contributed by atoms with Gasteiger partial charge in [-0.2, -0.15) is 0 Å². The summed E-state index contributed by atoms with van der Waals surface area (Å²) in [6.07, 6.45) is 10.9. The van der Waals surface area contributed by atoms with Crippen LogP contribution < -0.4 is 0 Å². The van der Waals surface area contributed by atoms with E-state index in [-0.39, 0.29) is 17.1 Å². The molecule has 0 aromatic rings. The molecule has 0 aliphatic heterocycles. The number of rotatable bonds is 0. The fraction of sp³-hybridized carbons (Fsp3) is 0.800. The first kappa shape index (κ1) is 14.5. The molecule has 2 aliphatic rings. The molecule has 0 atom stereocenters. The number of halogens is 2. The van der Waals surface area contributed by atoms with Gasteiger partial charge in [0.1, 0.15) is 0 Å². The maximum absolute atomic E-state index is 3.45. The Morgan fingerprint density at radius 3 is 0.923 bits per heavy atom. The predicted molar refractivity (Wildman–Crippen MR) is 61.3 cm³/mol. The molecule has 0 nitrogen and oxygen atoms in total. The molecule has 0 N–H and O–H groups in total. The molecule has 2 aliphatic carbocycles. The molecule has 0 aromatic heterocycles. The van der Waals surface area contributed by atoms with E-state index >= 15 is 0 Å². The van der Waals surface area contributed by atoms with E-state index in [2.05, 4.69) is 31.9 Å². The molecule has 0 saturated heterocycles. The van der Waals surface area contributed by atoms with Crippen molar-refractivity contribution in [3.8, 4) is 0 Å². The Hall–Kier alpha value is 1.48. The summed E-state index contributed by atoms with van der Waals surface area (Å²) >= 11 is 6.91. The van der Waals surface area contributed by atoms with Crippen LogP contribution in [0.2, 0.25) is 0 Å². The molecule has 78 valence electrons. The second-order valence-corrected chi connectivity index (χ2v) is 5.69. The maximum atomic E-state index is 3.45.